The van der Waals surface area contributed by atoms with E-state index in [0.717, 1.165) is 29.3 Å². The van der Waals surface area contributed by atoms with Crippen LogP contribution in [0.15, 0.2) is 49.1 Å². The lowest BCUT2D eigenvalue weighted by Crippen LogP contribution is -2.38. The number of hydrogen-bond acceptors (Lipinski definition) is 7. The minimum Gasteiger partial charge on any atom is -0.395 e. The van der Waals surface area contributed by atoms with E-state index in [1.54, 1.807) is 31.5 Å². The Morgan fingerprint density at radius 2 is 1.88 bits per heavy atom. The highest BCUT2D eigenvalue weighted by atomic mass is 28.3. The Bertz CT molecular complexity index is 1460. The van der Waals surface area contributed by atoms with Crippen molar-refractivity contribution in [2.24, 2.45) is 5.92 Å². The van der Waals surface area contributed by atoms with E-state index < -0.39 is 8.07 Å². The highest BCUT2D eigenvalue weighted by Crippen LogP contribution is 2.31. The number of rotatable bonds is 11. The molecule has 0 radical (unpaired) electrons. The lowest BCUT2D eigenvalue weighted by Gasteiger charge is -2.25. The monoisotopic (exact) mass is 562 g/mol. The second-order valence-corrected chi connectivity index (χ2v) is 17.4. The van der Waals surface area contributed by atoms with Crippen LogP contribution in [-0.2, 0) is 11.5 Å². The van der Waals surface area contributed by atoms with Crippen LogP contribution in [0, 0.1) is 5.92 Å². The Kier molecular flexibility index (Phi) is 8.01. The summed E-state index contributed by atoms with van der Waals surface area (Å²) in [6.07, 6.45) is 5.31. The van der Waals surface area contributed by atoms with Gasteiger partial charge in [0.05, 0.1) is 18.8 Å². The van der Waals surface area contributed by atoms with E-state index in [9.17, 15) is 9.90 Å². The number of carbonyl (C=O) groups is 1. The molecule has 0 spiro atoms. The van der Waals surface area contributed by atoms with Crippen molar-refractivity contribution in [3.63, 3.8) is 0 Å². The Labute approximate surface area is 235 Å². The molecule has 4 heterocycles. The number of aliphatic hydroxyl groups is 1. The summed E-state index contributed by atoms with van der Waals surface area (Å²) in [6.45, 7) is 13.1. The van der Waals surface area contributed by atoms with Gasteiger partial charge < -0.3 is 14.7 Å². The number of aliphatic hydroxyl groups excluding tert-OH is 1. The molecule has 11 nitrogen and oxygen atoms in total. The molecule has 0 saturated carbocycles. The van der Waals surface area contributed by atoms with Gasteiger partial charge in [-0.15, -0.1) is 5.10 Å². The first-order chi connectivity index (χ1) is 19.1. The fraction of sp³-hybridized carbons (Fsp3) is 0.464. The van der Waals surface area contributed by atoms with Crippen LogP contribution in [0.1, 0.15) is 13.8 Å². The molecule has 5 rings (SSSR count). The molecule has 1 aromatic carbocycles. The predicted molar refractivity (Wildman–Crippen MR) is 157 cm³/mol. The number of nitrogens with zero attached hydrogens (tertiary/aromatic N) is 8. The highest BCUT2D eigenvalue weighted by molar-refractivity contribution is 6.76. The summed E-state index contributed by atoms with van der Waals surface area (Å²) in [5, 5.41) is 18.5. The average Bonchev–Trinajstić information content (AvgIpc) is 3.64. The summed E-state index contributed by atoms with van der Waals surface area (Å²) in [4.78, 5) is 26.0. The fourth-order valence-electron chi connectivity index (χ4n) is 4.79. The molecule has 1 aliphatic rings. The quantitative estimate of drug-likeness (QED) is 0.215. The average molecular weight is 563 g/mol. The molecule has 0 unspecified atom stereocenters. The normalized spacial score (nSPS) is 16.2. The third-order valence-corrected chi connectivity index (χ3v) is 8.87. The SMILES string of the molecule is CC(C)[C@H]1CN(CCO)C(=O)N1c1ccn2ncc(-c3ccc(-c4ncn(COCC[Si](C)(C)C)n4)cc3)c2n1. The molecule has 1 atom stereocenters. The number of β-amino-alcohol motifs (C(OH)–C–C–N with tert-alkyl or cyclic N) is 1. The van der Waals surface area contributed by atoms with Gasteiger partial charge in [0, 0.05) is 45.1 Å². The molecule has 2 amide bonds. The van der Waals surface area contributed by atoms with E-state index in [2.05, 4.69) is 48.7 Å². The molecule has 212 valence electrons. The summed E-state index contributed by atoms with van der Waals surface area (Å²) in [7, 11) is -1.12. The first kappa shape index (κ1) is 27.9. The number of anilines is 1. The third-order valence-electron chi connectivity index (χ3n) is 7.17. The molecule has 1 fully saturated rings. The second-order valence-electron chi connectivity index (χ2n) is 11.8. The first-order valence-electron chi connectivity index (χ1n) is 13.8. The zero-order chi connectivity index (χ0) is 28.4. The van der Waals surface area contributed by atoms with Crippen molar-refractivity contribution in [2.45, 2.75) is 52.3 Å². The summed E-state index contributed by atoms with van der Waals surface area (Å²) < 4.78 is 9.22. The van der Waals surface area contributed by atoms with E-state index in [1.165, 1.54) is 0 Å². The topological polar surface area (TPSA) is 114 Å². The van der Waals surface area contributed by atoms with Crippen LogP contribution in [0.4, 0.5) is 10.6 Å². The smallest absolute Gasteiger partial charge is 0.326 e. The predicted octanol–water partition coefficient (Wildman–Crippen LogP) is 4.23. The maximum atomic E-state index is 13.2. The summed E-state index contributed by atoms with van der Waals surface area (Å²) in [5.74, 6) is 1.45. The highest BCUT2D eigenvalue weighted by Gasteiger charge is 2.40. The molecular formula is C28H38N8O3Si. The summed E-state index contributed by atoms with van der Waals surface area (Å²) >= 11 is 0. The minimum atomic E-state index is -1.12. The molecule has 40 heavy (non-hydrogen) atoms. The molecule has 3 aromatic heterocycles. The fourth-order valence-corrected chi connectivity index (χ4v) is 5.54. The van der Waals surface area contributed by atoms with Crippen molar-refractivity contribution < 1.29 is 14.6 Å². The van der Waals surface area contributed by atoms with Gasteiger partial charge in [-0.2, -0.15) is 5.10 Å². The van der Waals surface area contributed by atoms with E-state index >= 15 is 0 Å². The largest absolute Gasteiger partial charge is 0.395 e. The van der Waals surface area contributed by atoms with E-state index in [0.29, 0.717) is 37.1 Å². The van der Waals surface area contributed by atoms with Crippen LogP contribution in [0.25, 0.3) is 28.2 Å². The number of ether oxygens (including phenoxy) is 1. The van der Waals surface area contributed by atoms with Crippen LogP contribution in [0.5, 0.6) is 0 Å². The third kappa shape index (κ3) is 5.93. The summed E-state index contributed by atoms with van der Waals surface area (Å²) in [6, 6.07) is 10.8. The van der Waals surface area contributed by atoms with Crippen LogP contribution in [0.2, 0.25) is 25.7 Å². The van der Waals surface area contributed by atoms with Crippen LogP contribution >= 0.6 is 0 Å². The maximum Gasteiger partial charge on any atom is 0.326 e. The molecular weight excluding hydrogens is 524 g/mol. The minimum absolute atomic E-state index is 0.0299. The van der Waals surface area contributed by atoms with Gasteiger partial charge >= 0.3 is 6.03 Å². The van der Waals surface area contributed by atoms with E-state index in [4.69, 9.17) is 9.72 Å². The molecule has 12 heteroatoms. The van der Waals surface area contributed by atoms with Crippen molar-refractivity contribution in [1.82, 2.24) is 34.3 Å². The Morgan fingerprint density at radius 3 is 2.58 bits per heavy atom. The zero-order valence-electron chi connectivity index (χ0n) is 23.9. The number of hydrogen-bond donors (Lipinski definition) is 1. The molecule has 4 aromatic rings. The lowest BCUT2D eigenvalue weighted by atomic mass is 10.0. The van der Waals surface area contributed by atoms with E-state index in [-0.39, 0.29) is 24.6 Å². The van der Waals surface area contributed by atoms with Gasteiger partial charge in [-0.1, -0.05) is 57.8 Å². The van der Waals surface area contributed by atoms with Crippen molar-refractivity contribution in [2.75, 3.05) is 31.2 Å². The number of aromatic nitrogens is 6. The van der Waals surface area contributed by atoms with Gasteiger partial charge in [0.25, 0.3) is 0 Å². The van der Waals surface area contributed by atoms with Crippen molar-refractivity contribution in [3.8, 4) is 22.5 Å². The molecule has 0 bridgehead atoms. The lowest BCUT2D eigenvalue weighted by molar-refractivity contribution is 0.0785. The molecule has 1 saturated heterocycles. The second kappa shape index (κ2) is 11.5. The van der Waals surface area contributed by atoms with E-state index in [1.807, 2.05) is 36.5 Å². The standard InChI is InChI=1S/C28H38N8O3Si/c1-20(2)24-17-33(12-13-37)28(38)36(24)25-10-11-35-27(31-25)23(16-30-35)21-6-8-22(9-7-21)26-29-18-34(32-26)19-39-14-15-40(3,4)5/h6-11,16,18,20,24,37H,12-15,17,19H2,1-5H3/t24-/m1/s1. The van der Waals surface area contributed by atoms with Crippen LogP contribution in [0.3, 0.4) is 0 Å². The summed E-state index contributed by atoms with van der Waals surface area (Å²) in [5.41, 5.74) is 3.38. The number of carbonyl (C=O) groups excluding carboxylic acids is 1. The van der Waals surface area contributed by atoms with Gasteiger partial charge in [0.15, 0.2) is 11.5 Å². The van der Waals surface area contributed by atoms with Gasteiger partial charge in [0.1, 0.15) is 18.9 Å². The van der Waals surface area contributed by atoms with Gasteiger partial charge in [-0.05, 0) is 23.6 Å². The van der Waals surface area contributed by atoms with Crippen molar-refractivity contribution >= 4 is 25.6 Å². The number of amides is 2. The Balaban J connectivity index is 1.34. The molecule has 0 aliphatic carbocycles. The van der Waals surface area contributed by atoms with Crippen LogP contribution < -0.4 is 4.90 Å². The van der Waals surface area contributed by atoms with Crippen LogP contribution in [-0.4, -0.2) is 85.8 Å². The van der Waals surface area contributed by atoms with Gasteiger partial charge in [-0.3, -0.25) is 4.90 Å². The number of fused-ring (bicyclic) bond motifs is 1. The van der Waals surface area contributed by atoms with Gasteiger partial charge in [-0.25, -0.2) is 24.0 Å². The first-order valence-corrected chi connectivity index (χ1v) is 17.5. The zero-order valence-corrected chi connectivity index (χ0v) is 24.9. The number of benzene rings is 1. The van der Waals surface area contributed by atoms with Crippen molar-refractivity contribution in [1.29, 1.82) is 0 Å². The van der Waals surface area contributed by atoms with Crippen molar-refractivity contribution in [3.05, 3.63) is 49.1 Å². The number of urea groups is 1. The Hall–Kier alpha value is -3.61. The molecule has 1 aliphatic heterocycles. The molecule has 1 N–H and O–H groups in total. The Morgan fingerprint density at radius 1 is 1.12 bits per heavy atom. The maximum absolute atomic E-state index is 13.2. The van der Waals surface area contributed by atoms with Gasteiger partial charge in [0.2, 0.25) is 0 Å².